The number of nitrogens with two attached hydrogens (primary N) is 1. The van der Waals surface area contributed by atoms with Crippen LogP contribution in [-0.4, -0.2) is 35.0 Å². The van der Waals surface area contributed by atoms with Crippen molar-refractivity contribution in [2.24, 2.45) is 0 Å². The van der Waals surface area contributed by atoms with Crippen molar-refractivity contribution in [2.45, 2.75) is 18.4 Å². The van der Waals surface area contributed by atoms with E-state index in [1.807, 2.05) is 0 Å². The molecule has 2 aromatic rings. The van der Waals surface area contributed by atoms with Crippen LogP contribution in [0.2, 0.25) is 0 Å². The van der Waals surface area contributed by atoms with Gasteiger partial charge in [-0.3, -0.25) is 5.10 Å². The molecule has 0 radical (unpaired) electrons. The highest BCUT2D eigenvalue weighted by Gasteiger charge is 2.25. The largest absolute Gasteiger partial charge is 0.398 e. The Morgan fingerprint density at radius 1 is 1.48 bits per heavy atom. The molecule has 7 nitrogen and oxygen atoms in total. The van der Waals surface area contributed by atoms with Crippen LogP contribution in [0.5, 0.6) is 0 Å². The lowest BCUT2D eigenvalue weighted by Gasteiger charge is -2.17. The molecule has 0 spiro atoms. The molecule has 0 aliphatic rings. The minimum Gasteiger partial charge on any atom is -0.398 e. The first kappa shape index (κ1) is 15.9. The van der Waals surface area contributed by atoms with E-state index in [0.717, 1.165) is 16.4 Å². The maximum atomic E-state index is 13.3. The summed E-state index contributed by atoms with van der Waals surface area (Å²) >= 11 is 2.95. The number of nitrogen functional groups attached to an aromatic ring is 1. The van der Waals surface area contributed by atoms with Crippen LogP contribution in [0.4, 0.5) is 10.1 Å². The van der Waals surface area contributed by atoms with Gasteiger partial charge < -0.3 is 5.73 Å². The van der Waals surface area contributed by atoms with E-state index in [0.29, 0.717) is 11.6 Å². The van der Waals surface area contributed by atoms with E-state index in [1.165, 1.54) is 7.05 Å². The molecule has 1 aromatic carbocycles. The summed E-state index contributed by atoms with van der Waals surface area (Å²) < 4.78 is 39.3. The summed E-state index contributed by atoms with van der Waals surface area (Å²) in [6, 6.07) is 2.10. The Morgan fingerprint density at radius 3 is 2.71 bits per heavy atom. The number of aromatic amines is 1. The Labute approximate surface area is 129 Å². The van der Waals surface area contributed by atoms with Gasteiger partial charge in [-0.05, 0) is 35.0 Å². The summed E-state index contributed by atoms with van der Waals surface area (Å²) in [5, 5.41) is 6.50. The van der Waals surface area contributed by atoms with Gasteiger partial charge in [0, 0.05) is 7.05 Å². The molecule has 0 atom stereocenters. The number of nitrogens with one attached hydrogen (secondary N) is 1. The van der Waals surface area contributed by atoms with Crippen molar-refractivity contribution < 1.29 is 12.8 Å². The number of nitrogens with zero attached hydrogens (tertiary/aromatic N) is 3. The minimum absolute atomic E-state index is 0.0254. The number of anilines is 1. The van der Waals surface area contributed by atoms with Crippen molar-refractivity contribution >= 4 is 31.6 Å². The molecular weight excluding hydrogens is 365 g/mol. The van der Waals surface area contributed by atoms with E-state index < -0.39 is 15.8 Å². The summed E-state index contributed by atoms with van der Waals surface area (Å²) in [6.07, 6.45) is 0. The Kier molecular flexibility index (Phi) is 4.30. The molecule has 0 aliphatic heterocycles. The first-order valence-corrected chi connectivity index (χ1v) is 8.04. The van der Waals surface area contributed by atoms with Crippen LogP contribution in [0.25, 0.3) is 0 Å². The molecule has 21 heavy (non-hydrogen) atoms. The number of H-pyrrole nitrogens is 1. The van der Waals surface area contributed by atoms with Crippen molar-refractivity contribution in [2.75, 3.05) is 12.8 Å². The summed E-state index contributed by atoms with van der Waals surface area (Å²) in [7, 11) is -2.51. The summed E-state index contributed by atoms with van der Waals surface area (Å²) in [6.45, 7) is 1.68. The van der Waals surface area contributed by atoms with Crippen LogP contribution >= 0.6 is 15.9 Å². The SMILES string of the molecule is Cc1nc(CN(C)S(=O)(=O)c2cc(Br)c(F)cc2N)n[nH]1. The molecule has 0 saturated heterocycles. The zero-order valence-corrected chi connectivity index (χ0v) is 13.7. The molecule has 0 fully saturated rings. The monoisotopic (exact) mass is 377 g/mol. The third-order valence-electron chi connectivity index (χ3n) is 2.75. The number of benzene rings is 1. The van der Waals surface area contributed by atoms with Gasteiger partial charge in [0.25, 0.3) is 0 Å². The summed E-state index contributed by atoms with van der Waals surface area (Å²) in [5.74, 6) is 0.289. The second-order valence-electron chi connectivity index (χ2n) is 4.40. The first-order chi connectivity index (χ1) is 9.71. The van der Waals surface area contributed by atoms with Crippen LogP contribution in [0.1, 0.15) is 11.6 Å². The zero-order valence-electron chi connectivity index (χ0n) is 11.3. The van der Waals surface area contributed by atoms with Gasteiger partial charge in [0.2, 0.25) is 10.0 Å². The van der Waals surface area contributed by atoms with Gasteiger partial charge in [-0.15, -0.1) is 0 Å². The van der Waals surface area contributed by atoms with Crippen LogP contribution in [0, 0.1) is 12.7 Å². The van der Waals surface area contributed by atoms with Gasteiger partial charge in [-0.25, -0.2) is 17.8 Å². The standard InChI is InChI=1S/C11H13BrFN5O2S/c1-6-15-11(17-16-6)5-18(2)21(19,20)10-3-7(12)8(13)4-9(10)14/h3-4H,5,14H2,1-2H3,(H,15,16,17). The normalized spacial score (nSPS) is 12.0. The predicted octanol–water partition coefficient (Wildman–Crippen LogP) is 1.42. The lowest BCUT2D eigenvalue weighted by molar-refractivity contribution is 0.457. The second-order valence-corrected chi connectivity index (χ2v) is 7.27. The molecule has 1 heterocycles. The number of hydrogen-bond donors (Lipinski definition) is 2. The molecule has 0 aliphatic carbocycles. The van der Waals surface area contributed by atoms with Gasteiger partial charge in [0.1, 0.15) is 16.5 Å². The topological polar surface area (TPSA) is 105 Å². The maximum absolute atomic E-state index is 13.3. The molecule has 0 saturated carbocycles. The van der Waals surface area contributed by atoms with Crippen molar-refractivity contribution in [3.05, 3.63) is 34.1 Å². The van der Waals surface area contributed by atoms with E-state index in [2.05, 4.69) is 31.1 Å². The van der Waals surface area contributed by atoms with Crippen LogP contribution in [0.15, 0.2) is 21.5 Å². The highest BCUT2D eigenvalue weighted by Crippen LogP contribution is 2.28. The van der Waals surface area contributed by atoms with Crippen molar-refractivity contribution in [3.8, 4) is 0 Å². The third kappa shape index (κ3) is 3.22. The third-order valence-corrected chi connectivity index (χ3v) is 5.22. The number of aryl methyl sites for hydroxylation is 1. The van der Waals surface area contributed by atoms with Gasteiger partial charge in [-0.1, -0.05) is 0 Å². The van der Waals surface area contributed by atoms with E-state index in [1.54, 1.807) is 6.92 Å². The van der Waals surface area contributed by atoms with Crippen LogP contribution < -0.4 is 5.73 Å². The Morgan fingerprint density at radius 2 is 2.14 bits per heavy atom. The second kappa shape index (κ2) is 5.70. The van der Waals surface area contributed by atoms with Gasteiger partial charge in [0.05, 0.1) is 16.7 Å². The number of halogens is 2. The lowest BCUT2D eigenvalue weighted by Crippen LogP contribution is -2.27. The highest BCUT2D eigenvalue weighted by molar-refractivity contribution is 9.10. The Bertz CT molecular complexity index is 777. The van der Waals surface area contributed by atoms with Crippen molar-refractivity contribution in [1.29, 1.82) is 0 Å². The maximum Gasteiger partial charge on any atom is 0.245 e. The molecule has 10 heteroatoms. The van der Waals surface area contributed by atoms with Crippen molar-refractivity contribution in [3.63, 3.8) is 0 Å². The molecule has 0 amide bonds. The quantitative estimate of drug-likeness (QED) is 0.783. The van der Waals surface area contributed by atoms with Crippen LogP contribution in [0.3, 0.4) is 0 Å². The zero-order chi connectivity index (χ0) is 15.8. The van der Waals surface area contributed by atoms with E-state index >= 15 is 0 Å². The fraction of sp³-hybridized carbons (Fsp3) is 0.273. The van der Waals surface area contributed by atoms with Gasteiger partial charge in [-0.2, -0.15) is 9.40 Å². The molecule has 0 unspecified atom stereocenters. The van der Waals surface area contributed by atoms with E-state index in [4.69, 9.17) is 5.73 Å². The number of rotatable bonds is 4. The number of aromatic nitrogens is 3. The fourth-order valence-corrected chi connectivity index (χ4v) is 3.42. The molecule has 114 valence electrons. The van der Waals surface area contributed by atoms with E-state index in [-0.39, 0.29) is 21.6 Å². The Hall–Kier alpha value is -1.52. The molecule has 0 bridgehead atoms. The molecular formula is C11H13BrFN5O2S. The number of hydrogen-bond acceptors (Lipinski definition) is 5. The van der Waals surface area contributed by atoms with E-state index in [9.17, 15) is 12.8 Å². The summed E-state index contributed by atoms with van der Waals surface area (Å²) in [4.78, 5) is 3.86. The molecule has 3 N–H and O–H groups in total. The number of sulfonamides is 1. The lowest BCUT2D eigenvalue weighted by atomic mass is 10.3. The van der Waals surface area contributed by atoms with Gasteiger partial charge in [0.15, 0.2) is 5.82 Å². The molecule has 1 aromatic heterocycles. The minimum atomic E-state index is -3.88. The van der Waals surface area contributed by atoms with Crippen molar-refractivity contribution in [1.82, 2.24) is 19.5 Å². The summed E-state index contributed by atoms with van der Waals surface area (Å²) in [5.41, 5.74) is 5.45. The smallest absolute Gasteiger partial charge is 0.245 e. The molecule has 2 rings (SSSR count). The Balaban J connectivity index is 2.35. The fourth-order valence-electron chi connectivity index (χ4n) is 1.68. The van der Waals surface area contributed by atoms with Crippen LogP contribution in [-0.2, 0) is 16.6 Å². The highest BCUT2D eigenvalue weighted by atomic mass is 79.9. The predicted molar refractivity (Wildman–Crippen MR) is 78.3 cm³/mol. The average Bonchev–Trinajstić information content (AvgIpc) is 2.79. The first-order valence-electron chi connectivity index (χ1n) is 5.80. The average molecular weight is 378 g/mol. The van der Waals surface area contributed by atoms with Gasteiger partial charge >= 0.3 is 0 Å².